The fraction of sp³-hybridized carbons (Fsp3) is 0.636. The number of anilines is 1. The maximum Gasteiger partial charge on any atom is 0.226 e. The van der Waals surface area contributed by atoms with Gasteiger partial charge in [-0.1, -0.05) is 13.8 Å². The second-order valence-electron chi connectivity index (χ2n) is 4.05. The molecule has 5 heteroatoms. The van der Waals surface area contributed by atoms with E-state index >= 15 is 0 Å². The van der Waals surface area contributed by atoms with Crippen LogP contribution in [0, 0.1) is 6.92 Å². The van der Waals surface area contributed by atoms with Gasteiger partial charge in [-0.3, -0.25) is 4.79 Å². The Labute approximate surface area is 100 Å². The minimum Gasteiger partial charge on any atom is -0.315 e. The van der Waals surface area contributed by atoms with Crippen LogP contribution in [-0.4, -0.2) is 23.5 Å². The van der Waals surface area contributed by atoms with Crippen molar-refractivity contribution in [2.75, 3.05) is 11.9 Å². The summed E-state index contributed by atoms with van der Waals surface area (Å²) >= 11 is 1.46. The van der Waals surface area contributed by atoms with Gasteiger partial charge in [0.1, 0.15) is 0 Å². The Morgan fingerprint density at radius 1 is 1.56 bits per heavy atom. The molecule has 1 aromatic heterocycles. The molecule has 0 fully saturated rings. The van der Waals surface area contributed by atoms with Crippen molar-refractivity contribution >= 4 is 22.4 Å². The van der Waals surface area contributed by atoms with Gasteiger partial charge in [0.25, 0.3) is 0 Å². The minimum absolute atomic E-state index is 0.0416. The van der Waals surface area contributed by atoms with Gasteiger partial charge in [-0.05, 0) is 19.9 Å². The van der Waals surface area contributed by atoms with E-state index in [2.05, 4.69) is 29.5 Å². The van der Waals surface area contributed by atoms with Gasteiger partial charge in [0.05, 0.1) is 5.69 Å². The molecule has 0 aliphatic rings. The van der Waals surface area contributed by atoms with Gasteiger partial charge in [0, 0.05) is 17.8 Å². The van der Waals surface area contributed by atoms with E-state index in [-0.39, 0.29) is 5.91 Å². The van der Waals surface area contributed by atoms with E-state index in [9.17, 15) is 4.79 Å². The molecule has 1 amide bonds. The summed E-state index contributed by atoms with van der Waals surface area (Å²) in [5.41, 5.74) is 0.946. The van der Waals surface area contributed by atoms with Crippen molar-refractivity contribution < 1.29 is 4.79 Å². The molecule has 0 atom stereocenters. The maximum absolute atomic E-state index is 11.5. The van der Waals surface area contributed by atoms with Crippen molar-refractivity contribution in [1.82, 2.24) is 10.3 Å². The number of carbonyl (C=O) groups excluding carboxylic acids is 1. The van der Waals surface area contributed by atoms with E-state index in [4.69, 9.17) is 0 Å². The lowest BCUT2D eigenvalue weighted by molar-refractivity contribution is -0.116. The molecule has 0 unspecified atom stereocenters. The second kappa shape index (κ2) is 6.60. The van der Waals surface area contributed by atoms with Crippen molar-refractivity contribution in [3.05, 3.63) is 11.1 Å². The van der Waals surface area contributed by atoms with Crippen LogP contribution in [0.2, 0.25) is 0 Å². The predicted octanol–water partition coefficient (Wildman–Crippen LogP) is 2.17. The summed E-state index contributed by atoms with van der Waals surface area (Å²) in [6, 6.07) is 0.477. The van der Waals surface area contributed by atoms with Crippen molar-refractivity contribution in [3.63, 3.8) is 0 Å². The summed E-state index contributed by atoms with van der Waals surface area (Å²) in [5.74, 6) is 0.0416. The predicted molar refractivity (Wildman–Crippen MR) is 67.9 cm³/mol. The molecule has 0 radical (unpaired) electrons. The molecule has 16 heavy (non-hydrogen) atoms. The highest BCUT2D eigenvalue weighted by Gasteiger charge is 2.04. The van der Waals surface area contributed by atoms with E-state index in [1.54, 1.807) is 0 Å². The van der Waals surface area contributed by atoms with Gasteiger partial charge in [0.2, 0.25) is 5.91 Å². The molecule has 0 aromatic carbocycles. The number of aromatic nitrogens is 1. The van der Waals surface area contributed by atoms with Crippen molar-refractivity contribution in [2.24, 2.45) is 0 Å². The molecule has 90 valence electrons. The van der Waals surface area contributed by atoms with Gasteiger partial charge >= 0.3 is 0 Å². The number of hydrogen-bond donors (Lipinski definition) is 2. The number of hydrogen-bond acceptors (Lipinski definition) is 4. The Morgan fingerprint density at radius 2 is 2.31 bits per heavy atom. The van der Waals surface area contributed by atoms with E-state index < -0.39 is 0 Å². The lowest BCUT2D eigenvalue weighted by Crippen LogP contribution is -2.24. The number of amides is 1. The molecule has 1 rings (SSSR count). The van der Waals surface area contributed by atoms with Gasteiger partial charge in [-0.15, -0.1) is 11.3 Å². The number of aryl methyl sites for hydroxylation is 1. The normalized spacial score (nSPS) is 10.8. The summed E-state index contributed by atoms with van der Waals surface area (Å²) in [6.07, 6.45) is 1.40. The average Bonchev–Trinajstić information content (AvgIpc) is 2.58. The third-order valence-electron chi connectivity index (χ3n) is 2.00. The molecule has 0 aliphatic heterocycles. The number of nitrogens with one attached hydrogen (secondary N) is 2. The third-order valence-corrected chi connectivity index (χ3v) is 2.87. The number of thiazole rings is 1. The molecule has 1 heterocycles. The zero-order valence-electron chi connectivity index (χ0n) is 10.0. The van der Waals surface area contributed by atoms with Crippen LogP contribution in [0.1, 0.15) is 32.4 Å². The van der Waals surface area contributed by atoms with Crippen molar-refractivity contribution in [3.8, 4) is 0 Å². The van der Waals surface area contributed by atoms with E-state index in [0.717, 1.165) is 18.7 Å². The van der Waals surface area contributed by atoms with Crippen LogP contribution in [0.5, 0.6) is 0 Å². The Kier molecular flexibility index (Phi) is 5.42. The maximum atomic E-state index is 11.5. The Balaban J connectivity index is 2.16. The quantitative estimate of drug-likeness (QED) is 0.750. The molecule has 2 N–H and O–H groups in total. The van der Waals surface area contributed by atoms with Gasteiger partial charge < -0.3 is 10.6 Å². The first-order valence-electron chi connectivity index (χ1n) is 5.53. The Hall–Kier alpha value is -0.940. The molecule has 4 nitrogen and oxygen atoms in total. The lowest BCUT2D eigenvalue weighted by atomic mass is 10.3. The fourth-order valence-electron chi connectivity index (χ4n) is 1.23. The molecular formula is C11H19N3OS. The van der Waals surface area contributed by atoms with Crippen molar-refractivity contribution in [1.29, 1.82) is 0 Å². The zero-order chi connectivity index (χ0) is 12.0. The van der Waals surface area contributed by atoms with Crippen molar-refractivity contribution in [2.45, 2.75) is 39.7 Å². The highest BCUT2D eigenvalue weighted by Crippen LogP contribution is 2.14. The van der Waals surface area contributed by atoms with Crippen LogP contribution in [0.4, 0.5) is 5.13 Å². The van der Waals surface area contributed by atoms with Gasteiger partial charge in [-0.2, -0.15) is 0 Å². The smallest absolute Gasteiger partial charge is 0.226 e. The second-order valence-corrected chi connectivity index (χ2v) is 4.91. The molecule has 0 aliphatic carbocycles. The topological polar surface area (TPSA) is 54.0 Å². The first-order chi connectivity index (χ1) is 7.58. The summed E-state index contributed by atoms with van der Waals surface area (Å²) in [6.45, 7) is 6.98. The van der Waals surface area contributed by atoms with Gasteiger partial charge in [-0.25, -0.2) is 4.98 Å². The summed E-state index contributed by atoms with van der Waals surface area (Å²) < 4.78 is 0. The number of rotatable bonds is 6. The molecular weight excluding hydrogens is 222 g/mol. The third kappa shape index (κ3) is 5.23. The molecule has 0 spiro atoms. The lowest BCUT2D eigenvalue weighted by Gasteiger charge is -2.07. The highest BCUT2D eigenvalue weighted by atomic mass is 32.1. The van der Waals surface area contributed by atoms with Crippen LogP contribution in [0.15, 0.2) is 5.38 Å². The van der Waals surface area contributed by atoms with Crippen LogP contribution < -0.4 is 10.6 Å². The highest BCUT2D eigenvalue weighted by molar-refractivity contribution is 7.13. The van der Waals surface area contributed by atoms with E-state index in [1.165, 1.54) is 11.3 Å². The Morgan fingerprint density at radius 3 is 2.88 bits per heavy atom. The fourth-order valence-corrected chi connectivity index (χ4v) is 1.94. The number of carbonyl (C=O) groups is 1. The molecule has 0 saturated heterocycles. The van der Waals surface area contributed by atoms with E-state index in [1.807, 2.05) is 12.3 Å². The number of nitrogens with zero attached hydrogens (tertiary/aromatic N) is 1. The Bertz CT molecular complexity index is 336. The summed E-state index contributed by atoms with van der Waals surface area (Å²) in [4.78, 5) is 15.7. The summed E-state index contributed by atoms with van der Waals surface area (Å²) in [7, 11) is 0. The van der Waals surface area contributed by atoms with Crippen LogP contribution in [0.3, 0.4) is 0 Å². The molecule has 0 saturated carbocycles. The first-order valence-corrected chi connectivity index (χ1v) is 6.41. The average molecular weight is 241 g/mol. The summed E-state index contributed by atoms with van der Waals surface area (Å²) in [5, 5.41) is 8.69. The molecule has 0 bridgehead atoms. The molecule has 1 aromatic rings. The van der Waals surface area contributed by atoms with Crippen LogP contribution in [0.25, 0.3) is 0 Å². The van der Waals surface area contributed by atoms with E-state index in [0.29, 0.717) is 17.6 Å². The zero-order valence-corrected chi connectivity index (χ0v) is 10.9. The first kappa shape index (κ1) is 13.1. The standard InChI is InChI=1S/C11H19N3OS/c1-8(2)12-6-4-5-10(15)14-11-13-9(3)7-16-11/h7-8,12H,4-6H2,1-3H3,(H,13,14,15). The largest absolute Gasteiger partial charge is 0.315 e. The van der Waals surface area contributed by atoms with Crippen LogP contribution in [-0.2, 0) is 4.79 Å². The minimum atomic E-state index is 0.0416. The SMILES string of the molecule is Cc1csc(NC(=O)CCCNC(C)C)n1. The van der Waals surface area contributed by atoms with Gasteiger partial charge in [0.15, 0.2) is 5.13 Å². The van der Waals surface area contributed by atoms with Crippen LogP contribution >= 0.6 is 11.3 Å². The monoisotopic (exact) mass is 241 g/mol.